The molecule has 0 atom stereocenters. The molecule has 0 radical (unpaired) electrons. The first kappa shape index (κ1) is 26.0. The molecular formula is C28H27FN6O4. The van der Waals surface area contributed by atoms with Gasteiger partial charge in [-0.3, -0.25) is 9.59 Å². The zero-order valence-corrected chi connectivity index (χ0v) is 21.3. The molecule has 2 aromatic carbocycles. The minimum absolute atomic E-state index is 0.0407. The van der Waals surface area contributed by atoms with Crippen LogP contribution in [0.3, 0.4) is 0 Å². The maximum atomic E-state index is 14.6. The molecule has 200 valence electrons. The molecule has 0 bridgehead atoms. The number of aryl methyl sites for hydroxylation is 1. The van der Waals surface area contributed by atoms with Crippen LogP contribution in [0.5, 0.6) is 0 Å². The van der Waals surface area contributed by atoms with Crippen LogP contribution in [-0.2, 0) is 6.42 Å². The van der Waals surface area contributed by atoms with Crippen LogP contribution in [0.2, 0.25) is 0 Å². The largest absolute Gasteiger partial charge is 0.478 e. The van der Waals surface area contributed by atoms with E-state index in [0.717, 1.165) is 12.8 Å². The first-order chi connectivity index (χ1) is 18.8. The van der Waals surface area contributed by atoms with Crippen LogP contribution in [0, 0.1) is 18.7 Å². The highest BCUT2D eigenvalue weighted by molar-refractivity contribution is 5.94. The summed E-state index contributed by atoms with van der Waals surface area (Å²) < 4.78 is 14.6. The van der Waals surface area contributed by atoms with Crippen LogP contribution in [0.4, 0.5) is 10.3 Å². The second-order valence-electron chi connectivity index (χ2n) is 9.65. The summed E-state index contributed by atoms with van der Waals surface area (Å²) in [5.74, 6) is -1.46. The topological polar surface area (TPSA) is 141 Å². The van der Waals surface area contributed by atoms with Crippen molar-refractivity contribution < 1.29 is 19.1 Å². The summed E-state index contributed by atoms with van der Waals surface area (Å²) >= 11 is 0. The third kappa shape index (κ3) is 5.62. The molecule has 3 heterocycles. The van der Waals surface area contributed by atoms with Gasteiger partial charge in [0.2, 0.25) is 5.95 Å². The number of nitrogens with one attached hydrogen (secondary N) is 2. The Morgan fingerprint density at radius 2 is 1.87 bits per heavy atom. The number of halogens is 1. The van der Waals surface area contributed by atoms with Crippen molar-refractivity contribution in [2.24, 2.45) is 5.92 Å². The van der Waals surface area contributed by atoms with Crippen LogP contribution in [0.15, 0.2) is 53.5 Å². The molecule has 1 saturated heterocycles. The fourth-order valence-electron chi connectivity index (χ4n) is 4.84. The van der Waals surface area contributed by atoms with E-state index < -0.39 is 17.7 Å². The molecule has 1 aliphatic rings. The summed E-state index contributed by atoms with van der Waals surface area (Å²) in [5, 5.41) is 19.9. The number of fused-ring (bicyclic) bond motifs is 1. The lowest BCUT2D eigenvalue weighted by Crippen LogP contribution is -2.39. The van der Waals surface area contributed by atoms with Gasteiger partial charge in [-0.2, -0.15) is 5.10 Å². The average molecular weight is 531 g/mol. The lowest BCUT2D eigenvalue weighted by molar-refractivity contribution is 0.0694. The third-order valence-corrected chi connectivity index (χ3v) is 7.07. The molecule has 3 N–H and O–H groups in total. The maximum absolute atomic E-state index is 14.6. The van der Waals surface area contributed by atoms with E-state index >= 15 is 0 Å². The molecule has 0 aliphatic carbocycles. The van der Waals surface area contributed by atoms with Gasteiger partial charge in [0.05, 0.1) is 27.9 Å². The molecule has 0 saturated carbocycles. The number of carbonyl (C=O) groups is 2. The molecule has 11 heteroatoms. The van der Waals surface area contributed by atoms with Gasteiger partial charge in [-0.05, 0) is 49.4 Å². The lowest BCUT2D eigenvalue weighted by atomic mass is 9.96. The van der Waals surface area contributed by atoms with E-state index in [4.69, 9.17) is 5.11 Å². The zero-order valence-electron chi connectivity index (χ0n) is 21.3. The number of aromatic amines is 1. The van der Waals surface area contributed by atoms with Crippen molar-refractivity contribution in [3.63, 3.8) is 0 Å². The van der Waals surface area contributed by atoms with E-state index in [0.29, 0.717) is 59.7 Å². The normalized spacial score (nSPS) is 13.9. The molecule has 1 amide bonds. The molecule has 1 fully saturated rings. The molecule has 5 rings (SSSR count). The van der Waals surface area contributed by atoms with E-state index in [-0.39, 0.29) is 22.6 Å². The molecule has 39 heavy (non-hydrogen) atoms. The number of carbonyl (C=O) groups excluding carboxylic acids is 1. The second-order valence-corrected chi connectivity index (χ2v) is 9.65. The Bertz CT molecular complexity index is 1610. The van der Waals surface area contributed by atoms with E-state index in [9.17, 15) is 18.8 Å². The smallest absolute Gasteiger partial charge is 0.339 e. The first-order valence-electron chi connectivity index (χ1n) is 12.6. The SMILES string of the molecule is Cc1nc(N2CCC(CNC(=O)c3cc(Cc4n[nH]c(=O)c5ccccc45)ccc3F)CC2)ncc1C(=O)O. The summed E-state index contributed by atoms with van der Waals surface area (Å²) in [6.07, 6.45) is 3.20. The van der Waals surface area contributed by atoms with Crippen molar-refractivity contribution in [3.05, 3.63) is 92.9 Å². The van der Waals surface area contributed by atoms with Gasteiger partial charge in [0.25, 0.3) is 11.5 Å². The van der Waals surface area contributed by atoms with Crippen molar-refractivity contribution in [1.29, 1.82) is 0 Å². The van der Waals surface area contributed by atoms with E-state index in [1.54, 1.807) is 25.1 Å². The Balaban J connectivity index is 1.20. The number of rotatable bonds is 7. The number of piperidine rings is 1. The van der Waals surface area contributed by atoms with Gasteiger partial charge >= 0.3 is 5.97 Å². The van der Waals surface area contributed by atoms with Crippen LogP contribution >= 0.6 is 0 Å². The Hall–Kier alpha value is -4.67. The molecular weight excluding hydrogens is 503 g/mol. The molecule has 2 aromatic heterocycles. The average Bonchev–Trinajstić information content (AvgIpc) is 2.94. The Kier molecular flexibility index (Phi) is 7.31. The predicted molar refractivity (Wildman–Crippen MR) is 143 cm³/mol. The number of H-pyrrole nitrogens is 1. The fraction of sp³-hybridized carbons (Fsp3) is 0.286. The zero-order chi connectivity index (χ0) is 27.5. The van der Waals surface area contributed by atoms with Crippen molar-refractivity contribution in [2.45, 2.75) is 26.2 Å². The number of carboxylic acid groups (broad SMARTS) is 1. The number of carboxylic acids is 1. The highest BCUT2D eigenvalue weighted by Crippen LogP contribution is 2.22. The first-order valence-corrected chi connectivity index (χ1v) is 12.6. The summed E-state index contributed by atoms with van der Waals surface area (Å²) in [6, 6.07) is 11.5. The molecule has 0 unspecified atom stereocenters. The highest BCUT2D eigenvalue weighted by atomic mass is 19.1. The van der Waals surface area contributed by atoms with Crippen molar-refractivity contribution in [2.75, 3.05) is 24.5 Å². The van der Waals surface area contributed by atoms with E-state index in [1.165, 1.54) is 18.3 Å². The number of hydrogen-bond donors (Lipinski definition) is 3. The molecule has 10 nitrogen and oxygen atoms in total. The number of aromatic carboxylic acids is 1. The number of nitrogens with zero attached hydrogens (tertiary/aromatic N) is 4. The van der Waals surface area contributed by atoms with Crippen molar-refractivity contribution in [3.8, 4) is 0 Å². The molecule has 0 spiro atoms. The number of benzene rings is 2. The Morgan fingerprint density at radius 3 is 2.59 bits per heavy atom. The Morgan fingerprint density at radius 1 is 1.13 bits per heavy atom. The monoisotopic (exact) mass is 530 g/mol. The van der Waals surface area contributed by atoms with Gasteiger partial charge in [-0.1, -0.05) is 24.3 Å². The maximum Gasteiger partial charge on any atom is 0.339 e. The third-order valence-electron chi connectivity index (χ3n) is 7.07. The molecule has 4 aromatic rings. The quantitative estimate of drug-likeness (QED) is 0.331. The van der Waals surface area contributed by atoms with Crippen LogP contribution < -0.4 is 15.8 Å². The van der Waals surface area contributed by atoms with Crippen molar-refractivity contribution >= 4 is 28.6 Å². The van der Waals surface area contributed by atoms with Crippen LogP contribution in [-0.4, -0.2) is 56.8 Å². The lowest BCUT2D eigenvalue weighted by Gasteiger charge is -2.32. The number of anilines is 1. The number of hydrogen-bond acceptors (Lipinski definition) is 7. The highest BCUT2D eigenvalue weighted by Gasteiger charge is 2.23. The Labute approximate surface area is 222 Å². The van der Waals surface area contributed by atoms with Gasteiger partial charge in [0, 0.05) is 37.6 Å². The summed E-state index contributed by atoms with van der Waals surface area (Å²) in [5.41, 5.74) is 1.50. The van der Waals surface area contributed by atoms with Gasteiger partial charge in [0.1, 0.15) is 5.82 Å². The van der Waals surface area contributed by atoms with Crippen molar-refractivity contribution in [1.82, 2.24) is 25.5 Å². The van der Waals surface area contributed by atoms with Gasteiger partial charge in [0.15, 0.2) is 0 Å². The predicted octanol–water partition coefficient (Wildman–Crippen LogP) is 3.10. The summed E-state index contributed by atoms with van der Waals surface area (Å²) in [7, 11) is 0. The van der Waals surface area contributed by atoms with Crippen LogP contribution in [0.25, 0.3) is 10.8 Å². The fourth-order valence-corrected chi connectivity index (χ4v) is 4.84. The standard InChI is InChI=1S/C28H27FN6O4/c1-16-22(27(38)39)15-31-28(32-16)35-10-8-17(9-11-35)14-30-25(36)21-12-18(6-7-23(21)29)13-24-19-4-2-3-5-20(19)26(37)34-33-24/h2-7,12,15,17H,8-11,13-14H2,1H3,(H,30,36)(H,34,37)(H,38,39). The second kappa shape index (κ2) is 11.0. The number of amides is 1. The summed E-state index contributed by atoms with van der Waals surface area (Å²) in [4.78, 5) is 46.7. The van der Waals surface area contributed by atoms with Crippen LogP contribution in [0.1, 0.15) is 50.5 Å². The minimum atomic E-state index is -1.06. The minimum Gasteiger partial charge on any atom is -0.478 e. The molecule has 1 aliphatic heterocycles. The number of aromatic nitrogens is 4. The van der Waals surface area contributed by atoms with Gasteiger partial charge < -0.3 is 15.3 Å². The van der Waals surface area contributed by atoms with Gasteiger partial charge in [-0.25, -0.2) is 24.3 Å². The van der Waals surface area contributed by atoms with Gasteiger partial charge in [-0.15, -0.1) is 0 Å². The van der Waals surface area contributed by atoms with E-state index in [2.05, 4.69) is 25.5 Å². The summed E-state index contributed by atoms with van der Waals surface area (Å²) in [6.45, 7) is 3.37. The van der Waals surface area contributed by atoms with E-state index in [1.807, 2.05) is 17.0 Å².